The number of nitrogen functional groups attached to an aromatic ring is 1. The highest BCUT2D eigenvalue weighted by molar-refractivity contribution is 7.89. The Bertz CT molecular complexity index is 1250. The van der Waals surface area contributed by atoms with Crippen LogP contribution < -0.4 is 34.1 Å². The molecule has 0 saturated carbocycles. The second-order valence-electron chi connectivity index (χ2n) is 6.83. The van der Waals surface area contributed by atoms with Crippen molar-refractivity contribution in [1.82, 2.24) is 4.72 Å². The number of nitrogens with two attached hydrogens (primary N) is 1. The summed E-state index contributed by atoms with van der Waals surface area (Å²) in [7, 11) is -0.939. The van der Waals surface area contributed by atoms with Crippen LogP contribution in [0.1, 0.15) is 5.56 Å². The number of hydrogen-bond acceptors (Lipinski definition) is 8. The van der Waals surface area contributed by atoms with Gasteiger partial charge in [0, 0.05) is 29.9 Å². The standard InChI is InChI=1S/C22H22N2O7S/c1-27-16-5-3-14(20(10-16)28-2)12-24-32(25,26)22-9-15(23)4-7-19(22)31-17-6-8-18-21(11-17)30-13-29-18/h3-11,24H,12-13,23H2,1-2H3. The Kier molecular flexibility index (Phi) is 5.97. The topological polar surface area (TPSA) is 118 Å². The smallest absolute Gasteiger partial charge is 0.244 e. The third kappa shape index (κ3) is 4.51. The lowest BCUT2D eigenvalue weighted by molar-refractivity contribution is 0.174. The van der Waals surface area contributed by atoms with E-state index in [9.17, 15) is 8.42 Å². The number of ether oxygens (including phenoxy) is 5. The van der Waals surface area contributed by atoms with Gasteiger partial charge in [-0.15, -0.1) is 0 Å². The number of nitrogens with one attached hydrogen (secondary N) is 1. The molecule has 1 heterocycles. The van der Waals surface area contributed by atoms with Crippen LogP contribution >= 0.6 is 0 Å². The summed E-state index contributed by atoms with van der Waals surface area (Å²) in [5, 5.41) is 0. The molecule has 1 aliphatic rings. The van der Waals surface area contributed by atoms with E-state index in [0.29, 0.717) is 34.3 Å². The van der Waals surface area contributed by atoms with Crippen molar-refractivity contribution in [3.63, 3.8) is 0 Å². The molecule has 0 saturated heterocycles. The van der Waals surface area contributed by atoms with Crippen LogP contribution in [0.3, 0.4) is 0 Å². The number of rotatable bonds is 8. The van der Waals surface area contributed by atoms with Crippen molar-refractivity contribution in [3.05, 3.63) is 60.2 Å². The Morgan fingerprint density at radius 3 is 2.47 bits per heavy atom. The number of benzene rings is 3. The molecule has 168 valence electrons. The maximum atomic E-state index is 13.1. The minimum atomic E-state index is -3.98. The number of anilines is 1. The Balaban J connectivity index is 1.59. The first-order chi connectivity index (χ1) is 15.4. The second-order valence-corrected chi connectivity index (χ2v) is 8.56. The summed E-state index contributed by atoms with van der Waals surface area (Å²) < 4.78 is 55.8. The Labute approximate surface area is 185 Å². The van der Waals surface area contributed by atoms with Gasteiger partial charge in [-0.1, -0.05) is 6.07 Å². The molecular weight excluding hydrogens is 436 g/mol. The van der Waals surface area contributed by atoms with Gasteiger partial charge in [0.05, 0.1) is 14.2 Å². The van der Waals surface area contributed by atoms with Crippen molar-refractivity contribution in [2.24, 2.45) is 0 Å². The highest BCUT2D eigenvalue weighted by Gasteiger charge is 2.22. The third-order valence-electron chi connectivity index (χ3n) is 4.78. The van der Waals surface area contributed by atoms with E-state index >= 15 is 0 Å². The van der Waals surface area contributed by atoms with E-state index in [-0.39, 0.29) is 29.7 Å². The Morgan fingerprint density at radius 2 is 1.69 bits per heavy atom. The SMILES string of the molecule is COc1ccc(CNS(=O)(=O)c2cc(N)ccc2Oc2ccc3c(c2)OCO3)c(OC)c1. The van der Waals surface area contributed by atoms with Gasteiger partial charge in [-0.3, -0.25) is 0 Å². The van der Waals surface area contributed by atoms with Crippen molar-refractivity contribution < 1.29 is 32.1 Å². The maximum absolute atomic E-state index is 13.1. The molecule has 9 nitrogen and oxygen atoms in total. The van der Waals surface area contributed by atoms with E-state index in [1.54, 1.807) is 49.6 Å². The maximum Gasteiger partial charge on any atom is 0.244 e. The predicted octanol–water partition coefficient (Wildman–Crippen LogP) is 3.29. The van der Waals surface area contributed by atoms with E-state index < -0.39 is 10.0 Å². The van der Waals surface area contributed by atoms with E-state index in [1.165, 1.54) is 19.2 Å². The molecule has 0 bridgehead atoms. The van der Waals surface area contributed by atoms with Gasteiger partial charge in [0.25, 0.3) is 0 Å². The molecule has 3 aromatic carbocycles. The number of fused-ring (bicyclic) bond motifs is 1. The zero-order valence-corrected chi connectivity index (χ0v) is 18.3. The van der Waals surface area contributed by atoms with Gasteiger partial charge in [-0.25, -0.2) is 13.1 Å². The van der Waals surface area contributed by atoms with E-state index in [2.05, 4.69) is 4.72 Å². The second kappa shape index (κ2) is 8.85. The van der Waals surface area contributed by atoms with Crippen LogP contribution in [0.5, 0.6) is 34.5 Å². The fraction of sp³-hybridized carbons (Fsp3) is 0.182. The number of hydrogen-bond donors (Lipinski definition) is 2. The summed E-state index contributed by atoms with van der Waals surface area (Å²) in [6.07, 6.45) is 0. The fourth-order valence-corrected chi connectivity index (χ4v) is 4.30. The van der Waals surface area contributed by atoms with E-state index in [4.69, 9.17) is 29.4 Å². The number of methoxy groups -OCH3 is 2. The van der Waals surface area contributed by atoms with Gasteiger partial charge < -0.3 is 29.4 Å². The van der Waals surface area contributed by atoms with Gasteiger partial charge in [0.15, 0.2) is 11.5 Å². The van der Waals surface area contributed by atoms with Crippen LogP contribution in [0.2, 0.25) is 0 Å². The van der Waals surface area contributed by atoms with Crippen molar-refractivity contribution in [1.29, 1.82) is 0 Å². The summed E-state index contributed by atoms with van der Waals surface area (Å²) in [4.78, 5) is -0.0948. The van der Waals surface area contributed by atoms with Gasteiger partial charge >= 0.3 is 0 Å². The summed E-state index contributed by atoms with van der Waals surface area (Å²) in [5.74, 6) is 2.73. The molecule has 3 aromatic rings. The first-order valence-electron chi connectivity index (χ1n) is 9.57. The van der Waals surface area contributed by atoms with Crippen molar-refractivity contribution >= 4 is 15.7 Å². The minimum Gasteiger partial charge on any atom is -0.497 e. The lowest BCUT2D eigenvalue weighted by Gasteiger charge is -2.15. The van der Waals surface area contributed by atoms with Gasteiger partial charge in [-0.2, -0.15) is 0 Å². The van der Waals surface area contributed by atoms with Gasteiger partial charge in [0.2, 0.25) is 16.8 Å². The summed E-state index contributed by atoms with van der Waals surface area (Å²) in [6.45, 7) is 0.118. The van der Waals surface area contributed by atoms with Crippen molar-refractivity contribution in [3.8, 4) is 34.5 Å². The molecule has 0 amide bonds. The lowest BCUT2D eigenvalue weighted by Crippen LogP contribution is -2.24. The molecule has 4 rings (SSSR count). The van der Waals surface area contributed by atoms with Crippen LogP contribution in [-0.4, -0.2) is 29.4 Å². The highest BCUT2D eigenvalue weighted by Crippen LogP contribution is 2.38. The Morgan fingerprint density at radius 1 is 0.906 bits per heavy atom. The van der Waals surface area contributed by atoms with Gasteiger partial charge in [-0.05, 0) is 36.4 Å². The van der Waals surface area contributed by atoms with Crippen molar-refractivity contribution in [2.45, 2.75) is 11.4 Å². The molecule has 0 unspecified atom stereocenters. The monoisotopic (exact) mass is 458 g/mol. The van der Waals surface area contributed by atoms with E-state index in [0.717, 1.165) is 0 Å². The normalized spacial score (nSPS) is 12.4. The molecule has 0 atom stereocenters. The molecule has 0 radical (unpaired) electrons. The van der Waals surface area contributed by atoms with Crippen LogP contribution in [0.25, 0.3) is 0 Å². The summed E-state index contributed by atoms with van der Waals surface area (Å²) in [5.41, 5.74) is 6.78. The molecule has 3 N–H and O–H groups in total. The van der Waals surface area contributed by atoms with Crippen LogP contribution in [0.4, 0.5) is 5.69 Å². The fourth-order valence-electron chi connectivity index (χ4n) is 3.13. The summed E-state index contributed by atoms with van der Waals surface area (Å²) >= 11 is 0. The average Bonchev–Trinajstić information content (AvgIpc) is 3.26. The largest absolute Gasteiger partial charge is 0.497 e. The number of sulfonamides is 1. The molecule has 10 heteroatoms. The zero-order valence-electron chi connectivity index (χ0n) is 17.5. The van der Waals surface area contributed by atoms with Gasteiger partial charge in [0.1, 0.15) is 27.9 Å². The molecular formula is C22H22N2O7S. The van der Waals surface area contributed by atoms with Crippen molar-refractivity contribution in [2.75, 3.05) is 26.7 Å². The molecule has 1 aliphatic heterocycles. The molecule has 32 heavy (non-hydrogen) atoms. The average molecular weight is 458 g/mol. The first kappa shape index (κ1) is 21.6. The molecule has 0 spiro atoms. The lowest BCUT2D eigenvalue weighted by atomic mass is 10.2. The van der Waals surface area contributed by atoms with E-state index in [1.807, 2.05) is 0 Å². The minimum absolute atomic E-state index is 0.00619. The van der Waals surface area contributed by atoms with Crippen LogP contribution in [0, 0.1) is 0 Å². The molecule has 0 aliphatic carbocycles. The predicted molar refractivity (Wildman–Crippen MR) is 117 cm³/mol. The Hall–Kier alpha value is -3.63. The third-order valence-corrected chi connectivity index (χ3v) is 6.20. The highest BCUT2D eigenvalue weighted by atomic mass is 32.2. The van der Waals surface area contributed by atoms with Crippen LogP contribution in [-0.2, 0) is 16.6 Å². The first-order valence-corrected chi connectivity index (χ1v) is 11.1. The summed E-state index contributed by atoms with van der Waals surface area (Å²) in [6, 6.07) is 14.5. The zero-order chi connectivity index (χ0) is 22.7. The van der Waals surface area contributed by atoms with Crippen LogP contribution in [0.15, 0.2) is 59.5 Å². The molecule has 0 fully saturated rings. The quantitative estimate of drug-likeness (QED) is 0.494. The molecule has 0 aromatic heterocycles.